The van der Waals surface area contributed by atoms with Crippen molar-refractivity contribution < 1.29 is 9.53 Å². The second kappa shape index (κ2) is 4.87. The van der Waals surface area contributed by atoms with Crippen LogP contribution < -0.4 is 5.73 Å². The average molecular weight is 259 g/mol. The number of nitrogens with two attached hydrogens (primary N) is 1. The fourth-order valence-electron chi connectivity index (χ4n) is 3.88. The van der Waals surface area contributed by atoms with Crippen molar-refractivity contribution in [1.82, 2.24) is 0 Å². The first-order valence-corrected chi connectivity index (χ1v) is 7.20. The first-order chi connectivity index (χ1) is 9.20. The highest BCUT2D eigenvalue weighted by Crippen LogP contribution is 2.45. The molecule has 0 saturated heterocycles. The minimum absolute atomic E-state index is 0.227. The Bertz CT molecular complexity index is 510. The minimum Gasteiger partial charge on any atom is -0.465 e. The SMILES string of the molecule is COC(=O)c1ccc(N)c2c1CC1CCCCC2C1. The Labute approximate surface area is 114 Å². The lowest BCUT2D eigenvalue weighted by Crippen LogP contribution is -2.22. The lowest BCUT2D eigenvalue weighted by molar-refractivity contribution is 0.0598. The Morgan fingerprint density at radius 3 is 2.89 bits per heavy atom. The summed E-state index contributed by atoms with van der Waals surface area (Å²) in [7, 11) is 1.45. The predicted octanol–water partition coefficient (Wildman–Crippen LogP) is 3.28. The van der Waals surface area contributed by atoms with Gasteiger partial charge in [-0.2, -0.15) is 0 Å². The van der Waals surface area contributed by atoms with Gasteiger partial charge in [0.1, 0.15) is 0 Å². The van der Waals surface area contributed by atoms with Crippen molar-refractivity contribution in [3.8, 4) is 0 Å². The molecule has 2 N–H and O–H groups in total. The number of ether oxygens (including phenoxy) is 1. The number of methoxy groups -OCH3 is 1. The fourth-order valence-corrected chi connectivity index (χ4v) is 3.88. The van der Waals surface area contributed by atoms with Gasteiger partial charge in [0, 0.05) is 5.69 Å². The third kappa shape index (κ3) is 2.11. The zero-order valence-electron chi connectivity index (χ0n) is 11.4. The highest BCUT2D eigenvalue weighted by atomic mass is 16.5. The Morgan fingerprint density at radius 1 is 1.32 bits per heavy atom. The molecule has 0 aliphatic heterocycles. The molecule has 2 aliphatic carbocycles. The van der Waals surface area contributed by atoms with E-state index in [4.69, 9.17) is 10.5 Å². The number of hydrogen-bond acceptors (Lipinski definition) is 3. The molecule has 102 valence electrons. The van der Waals surface area contributed by atoms with Crippen molar-refractivity contribution in [2.45, 2.75) is 44.4 Å². The molecule has 2 aliphatic rings. The maximum absolute atomic E-state index is 11.9. The van der Waals surface area contributed by atoms with Crippen LogP contribution in [0.25, 0.3) is 0 Å². The van der Waals surface area contributed by atoms with Gasteiger partial charge in [-0.15, -0.1) is 0 Å². The van der Waals surface area contributed by atoms with Gasteiger partial charge in [-0.1, -0.05) is 19.3 Å². The van der Waals surface area contributed by atoms with Crippen molar-refractivity contribution in [2.24, 2.45) is 5.92 Å². The van der Waals surface area contributed by atoms with Gasteiger partial charge in [-0.3, -0.25) is 0 Å². The largest absolute Gasteiger partial charge is 0.465 e. The van der Waals surface area contributed by atoms with E-state index >= 15 is 0 Å². The number of anilines is 1. The van der Waals surface area contributed by atoms with Crippen LogP contribution in [0, 0.1) is 5.92 Å². The van der Waals surface area contributed by atoms with Crippen LogP contribution in [0.2, 0.25) is 0 Å². The molecule has 1 aromatic carbocycles. The fraction of sp³-hybridized carbons (Fsp3) is 0.562. The van der Waals surface area contributed by atoms with Crippen molar-refractivity contribution >= 4 is 11.7 Å². The number of carbonyl (C=O) groups is 1. The summed E-state index contributed by atoms with van der Waals surface area (Å²) in [5.74, 6) is 1.03. The second-order valence-corrected chi connectivity index (χ2v) is 5.87. The van der Waals surface area contributed by atoms with Crippen molar-refractivity contribution in [3.63, 3.8) is 0 Å². The van der Waals surface area contributed by atoms with E-state index in [1.54, 1.807) is 0 Å². The topological polar surface area (TPSA) is 52.3 Å². The van der Waals surface area contributed by atoms with E-state index in [-0.39, 0.29) is 5.97 Å². The van der Waals surface area contributed by atoms with Gasteiger partial charge < -0.3 is 10.5 Å². The zero-order chi connectivity index (χ0) is 13.4. The second-order valence-electron chi connectivity index (χ2n) is 5.87. The number of fused-ring (bicyclic) bond motifs is 4. The number of carbonyl (C=O) groups excluding carboxylic acids is 1. The van der Waals surface area contributed by atoms with E-state index in [0.29, 0.717) is 11.8 Å². The van der Waals surface area contributed by atoms with Crippen molar-refractivity contribution in [3.05, 3.63) is 28.8 Å². The van der Waals surface area contributed by atoms with Gasteiger partial charge in [0.05, 0.1) is 12.7 Å². The summed E-state index contributed by atoms with van der Waals surface area (Å²) in [6.45, 7) is 0. The van der Waals surface area contributed by atoms with Gasteiger partial charge in [0.25, 0.3) is 0 Å². The van der Waals surface area contributed by atoms with E-state index in [2.05, 4.69) is 0 Å². The third-order valence-electron chi connectivity index (χ3n) is 4.73. The van der Waals surface area contributed by atoms with Crippen molar-refractivity contribution in [2.75, 3.05) is 12.8 Å². The molecule has 2 bridgehead atoms. The van der Waals surface area contributed by atoms with Crippen LogP contribution in [0.4, 0.5) is 5.69 Å². The quantitative estimate of drug-likeness (QED) is 0.622. The van der Waals surface area contributed by atoms with Crippen LogP contribution in [0.15, 0.2) is 12.1 Å². The molecular formula is C16H21NO2. The minimum atomic E-state index is -0.227. The number of rotatable bonds is 1. The smallest absolute Gasteiger partial charge is 0.338 e. The summed E-state index contributed by atoms with van der Waals surface area (Å²) in [5, 5.41) is 0. The normalized spacial score (nSPS) is 25.3. The summed E-state index contributed by atoms with van der Waals surface area (Å²) in [4.78, 5) is 11.9. The van der Waals surface area contributed by atoms with Gasteiger partial charge in [0.15, 0.2) is 0 Å². The van der Waals surface area contributed by atoms with E-state index in [1.165, 1.54) is 44.8 Å². The van der Waals surface area contributed by atoms with Crippen LogP contribution in [-0.4, -0.2) is 13.1 Å². The molecule has 3 nitrogen and oxygen atoms in total. The summed E-state index contributed by atoms with van der Waals surface area (Å²) < 4.78 is 4.92. The van der Waals surface area contributed by atoms with Crippen molar-refractivity contribution in [1.29, 1.82) is 0 Å². The molecule has 1 aromatic rings. The molecule has 1 saturated carbocycles. The highest BCUT2D eigenvalue weighted by molar-refractivity contribution is 5.92. The molecule has 0 aromatic heterocycles. The lowest BCUT2D eigenvalue weighted by Gasteiger charge is -2.31. The molecule has 1 fully saturated rings. The summed E-state index contributed by atoms with van der Waals surface area (Å²) in [6.07, 6.45) is 7.30. The average Bonchev–Trinajstić information content (AvgIpc) is 2.60. The van der Waals surface area contributed by atoms with Crippen LogP contribution >= 0.6 is 0 Å². The molecule has 3 rings (SSSR count). The van der Waals surface area contributed by atoms with E-state index in [0.717, 1.165) is 23.2 Å². The van der Waals surface area contributed by atoms with E-state index in [9.17, 15) is 4.79 Å². The monoisotopic (exact) mass is 259 g/mol. The molecule has 19 heavy (non-hydrogen) atoms. The molecule has 2 atom stereocenters. The number of nitrogen functional groups attached to an aromatic ring is 1. The zero-order valence-corrected chi connectivity index (χ0v) is 11.4. The van der Waals surface area contributed by atoms with Gasteiger partial charge in [-0.05, 0) is 54.4 Å². The summed E-state index contributed by atoms with van der Waals surface area (Å²) >= 11 is 0. The molecule has 3 heteroatoms. The van der Waals surface area contributed by atoms with Gasteiger partial charge >= 0.3 is 5.97 Å². The Hall–Kier alpha value is -1.51. The standard InChI is InChI=1S/C16H21NO2/c1-19-16(18)12-6-7-14(17)15-11-5-3-2-4-10(8-11)9-13(12)15/h6-7,10-11H,2-5,8-9,17H2,1H3. The van der Waals surface area contributed by atoms with Crippen LogP contribution in [0.1, 0.15) is 59.5 Å². The first-order valence-electron chi connectivity index (χ1n) is 7.20. The van der Waals surface area contributed by atoms with E-state index < -0.39 is 0 Å². The molecular weight excluding hydrogens is 238 g/mol. The summed E-state index contributed by atoms with van der Waals surface area (Å²) in [5.41, 5.74) is 10.2. The van der Waals surface area contributed by atoms with Crippen LogP contribution in [0.3, 0.4) is 0 Å². The number of benzene rings is 1. The van der Waals surface area contributed by atoms with E-state index in [1.807, 2.05) is 12.1 Å². The van der Waals surface area contributed by atoms with Crippen LogP contribution in [-0.2, 0) is 11.2 Å². The third-order valence-corrected chi connectivity index (χ3v) is 4.73. The lowest BCUT2D eigenvalue weighted by atomic mass is 9.74. The Balaban J connectivity index is 2.12. The Morgan fingerprint density at radius 2 is 2.11 bits per heavy atom. The molecule has 0 heterocycles. The predicted molar refractivity (Wildman–Crippen MR) is 75.2 cm³/mol. The first kappa shape index (κ1) is 12.5. The maximum Gasteiger partial charge on any atom is 0.338 e. The maximum atomic E-state index is 11.9. The highest BCUT2D eigenvalue weighted by Gasteiger charge is 2.33. The molecule has 0 amide bonds. The molecule has 0 spiro atoms. The molecule has 0 radical (unpaired) electrons. The Kier molecular flexibility index (Phi) is 3.21. The number of hydrogen-bond donors (Lipinski definition) is 1. The van der Waals surface area contributed by atoms with Gasteiger partial charge in [0.2, 0.25) is 0 Å². The molecule has 2 unspecified atom stereocenters. The van der Waals surface area contributed by atoms with Crippen LogP contribution in [0.5, 0.6) is 0 Å². The summed E-state index contributed by atoms with van der Waals surface area (Å²) in [6, 6.07) is 3.70. The van der Waals surface area contributed by atoms with Gasteiger partial charge in [-0.25, -0.2) is 4.79 Å². The number of esters is 1.